The van der Waals surface area contributed by atoms with Crippen molar-refractivity contribution >= 4 is 0 Å². The predicted octanol–water partition coefficient (Wildman–Crippen LogP) is 2.03. The van der Waals surface area contributed by atoms with Crippen molar-refractivity contribution in [2.24, 2.45) is 11.1 Å². The number of halogens is 1. The third kappa shape index (κ3) is 4.79. The Labute approximate surface area is 103 Å². The Hall–Kier alpha value is -1.00. The van der Waals surface area contributed by atoms with Crippen molar-refractivity contribution in [3.63, 3.8) is 0 Å². The first kappa shape index (κ1) is 14.1. The molecule has 17 heavy (non-hydrogen) atoms. The Morgan fingerprint density at radius 1 is 1.41 bits per heavy atom. The fraction of sp³-hybridized carbons (Fsp3) is 0.615. The van der Waals surface area contributed by atoms with Gasteiger partial charge in [0.1, 0.15) is 5.82 Å². The Morgan fingerprint density at radius 3 is 2.65 bits per heavy atom. The molecule has 0 aromatic carbocycles. The molecule has 1 aromatic heterocycles. The zero-order valence-electron chi connectivity index (χ0n) is 10.9. The third-order valence-electron chi connectivity index (χ3n) is 2.82. The molecular formula is C13H22FN3. The Morgan fingerprint density at radius 2 is 2.12 bits per heavy atom. The molecule has 0 radical (unpaired) electrons. The highest BCUT2D eigenvalue weighted by atomic mass is 19.1. The predicted molar refractivity (Wildman–Crippen MR) is 68.0 cm³/mol. The SMILES string of the molecule is CCN(Cc1cncc(F)c1)CC(C)(C)CN. The van der Waals surface area contributed by atoms with Gasteiger partial charge in [0.25, 0.3) is 0 Å². The number of nitrogens with zero attached hydrogens (tertiary/aromatic N) is 2. The second-order valence-corrected chi connectivity index (χ2v) is 5.18. The van der Waals surface area contributed by atoms with E-state index in [0.29, 0.717) is 13.1 Å². The van der Waals surface area contributed by atoms with Crippen LogP contribution in [-0.4, -0.2) is 29.5 Å². The van der Waals surface area contributed by atoms with Crippen LogP contribution in [0.15, 0.2) is 18.5 Å². The van der Waals surface area contributed by atoms with Crippen molar-refractivity contribution in [2.45, 2.75) is 27.3 Å². The third-order valence-corrected chi connectivity index (χ3v) is 2.82. The van der Waals surface area contributed by atoms with E-state index in [9.17, 15) is 4.39 Å². The van der Waals surface area contributed by atoms with Crippen LogP contribution in [0.3, 0.4) is 0 Å². The van der Waals surface area contributed by atoms with Crippen LogP contribution in [0.25, 0.3) is 0 Å². The van der Waals surface area contributed by atoms with Crippen LogP contribution in [0.5, 0.6) is 0 Å². The van der Waals surface area contributed by atoms with Gasteiger partial charge in [0, 0.05) is 19.3 Å². The molecule has 0 amide bonds. The van der Waals surface area contributed by atoms with Crippen LogP contribution in [-0.2, 0) is 6.54 Å². The minimum Gasteiger partial charge on any atom is -0.330 e. The topological polar surface area (TPSA) is 42.2 Å². The zero-order valence-corrected chi connectivity index (χ0v) is 10.9. The van der Waals surface area contributed by atoms with E-state index in [4.69, 9.17) is 5.73 Å². The molecule has 0 bridgehead atoms. The lowest BCUT2D eigenvalue weighted by Crippen LogP contribution is -2.38. The molecule has 0 fully saturated rings. The quantitative estimate of drug-likeness (QED) is 0.826. The smallest absolute Gasteiger partial charge is 0.141 e. The van der Waals surface area contributed by atoms with Gasteiger partial charge in [-0.05, 0) is 30.1 Å². The summed E-state index contributed by atoms with van der Waals surface area (Å²) in [6.07, 6.45) is 2.94. The first-order valence-electron chi connectivity index (χ1n) is 5.98. The lowest BCUT2D eigenvalue weighted by atomic mass is 9.93. The van der Waals surface area contributed by atoms with Gasteiger partial charge in [-0.3, -0.25) is 9.88 Å². The van der Waals surface area contributed by atoms with E-state index >= 15 is 0 Å². The van der Waals surface area contributed by atoms with Gasteiger partial charge in [-0.25, -0.2) is 4.39 Å². The van der Waals surface area contributed by atoms with Crippen LogP contribution in [0.2, 0.25) is 0 Å². The molecule has 0 atom stereocenters. The molecule has 1 aromatic rings. The molecule has 0 spiro atoms. The van der Waals surface area contributed by atoms with Gasteiger partial charge in [-0.2, -0.15) is 0 Å². The summed E-state index contributed by atoms with van der Waals surface area (Å²) in [7, 11) is 0. The maximum Gasteiger partial charge on any atom is 0.141 e. The summed E-state index contributed by atoms with van der Waals surface area (Å²) >= 11 is 0. The van der Waals surface area contributed by atoms with Gasteiger partial charge < -0.3 is 5.73 Å². The molecule has 3 nitrogen and oxygen atoms in total. The number of pyridine rings is 1. The Kier molecular flexibility index (Phi) is 5.02. The summed E-state index contributed by atoms with van der Waals surface area (Å²) in [6, 6.07) is 1.53. The average Bonchev–Trinajstić information content (AvgIpc) is 2.28. The first-order chi connectivity index (χ1) is 7.96. The number of hydrogen-bond donors (Lipinski definition) is 1. The minimum absolute atomic E-state index is 0.0801. The highest BCUT2D eigenvalue weighted by Gasteiger charge is 2.19. The summed E-state index contributed by atoms with van der Waals surface area (Å²) in [6.45, 7) is 9.55. The van der Waals surface area contributed by atoms with Gasteiger partial charge >= 0.3 is 0 Å². The fourth-order valence-electron chi connectivity index (χ4n) is 1.75. The van der Waals surface area contributed by atoms with Gasteiger partial charge in [-0.1, -0.05) is 20.8 Å². The normalized spacial score (nSPS) is 12.1. The second-order valence-electron chi connectivity index (χ2n) is 5.18. The van der Waals surface area contributed by atoms with E-state index in [0.717, 1.165) is 18.7 Å². The van der Waals surface area contributed by atoms with Crippen molar-refractivity contribution in [2.75, 3.05) is 19.6 Å². The van der Waals surface area contributed by atoms with Crippen molar-refractivity contribution in [3.8, 4) is 0 Å². The van der Waals surface area contributed by atoms with Gasteiger partial charge in [0.15, 0.2) is 0 Å². The Bertz CT molecular complexity index is 352. The fourth-order valence-corrected chi connectivity index (χ4v) is 1.75. The number of hydrogen-bond acceptors (Lipinski definition) is 3. The molecular weight excluding hydrogens is 217 g/mol. The standard InChI is InChI=1S/C13H22FN3/c1-4-17(10-13(2,3)9-15)8-11-5-12(14)7-16-6-11/h5-7H,4,8-10,15H2,1-3H3. The van der Waals surface area contributed by atoms with Crippen LogP contribution in [0, 0.1) is 11.2 Å². The van der Waals surface area contributed by atoms with E-state index < -0.39 is 0 Å². The lowest BCUT2D eigenvalue weighted by Gasteiger charge is -2.31. The van der Waals surface area contributed by atoms with Gasteiger partial charge in [-0.15, -0.1) is 0 Å². The van der Waals surface area contributed by atoms with Gasteiger partial charge in [0.2, 0.25) is 0 Å². The van der Waals surface area contributed by atoms with Gasteiger partial charge in [0.05, 0.1) is 6.20 Å². The molecule has 0 aliphatic rings. The zero-order chi connectivity index (χ0) is 12.9. The molecule has 1 heterocycles. The maximum absolute atomic E-state index is 13.0. The molecule has 0 saturated carbocycles. The summed E-state index contributed by atoms with van der Waals surface area (Å²) in [4.78, 5) is 6.12. The lowest BCUT2D eigenvalue weighted by molar-refractivity contribution is 0.183. The molecule has 0 aliphatic carbocycles. The molecule has 2 N–H and O–H groups in total. The number of aromatic nitrogens is 1. The molecule has 4 heteroatoms. The van der Waals surface area contributed by atoms with Crippen molar-refractivity contribution in [1.29, 1.82) is 0 Å². The first-order valence-corrected chi connectivity index (χ1v) is 5.98. The van der Waals surface area contributed by atoms with Crippen LogP contribution < -0.4 is 5.73 Å². The van der Waals surface area contributed by atoms with E-state index in [2.05, 4.69) is 30.7 Å². The van der Waals surface area contributed by atoms with E-state index in [1.807, 2.05) is 0 Å². The van der Waals surface area contributed by atoms with Crippen molar-refractivity contribution in [3.05, 3.63) is 29.8 Å². The van der Waals surface area contributed by atoms with Crippen molar-refractivity contribution in [1.82, 2.24) is 9.88 Å². The maximum atomic E-state index is 13.0. The van der Waals surface area contributed by atoms with Crippen LogP contribution >= 0.6 is 0 Å². The summed E-state index contributed by atoms with van der Waals surface area (Å²) in [5.41, 5.74) is 6.71. The highest BCUT2D eigenvalue weighted by Crippen LogP contribution is 2.16. The van der Waals surface area contributed by atoms with Crippen molar-refractivity contribution < 1.29 is 4.39 Å². The second kappa shape index (κ2) is 6.07. The monoisotopic (exact) mass is 239 g/mol. The summed E-state index contributed by atoms with van der Waals surface area (Å²) in [5, 5.41) is 0. The van der Waals surface area contributed by atoms with E-state index in [1.54, 1.807) is 6.20 Å². The average molecular weight is 239 g/mol. The number of rotatable bonds is 6. The molecule has 0 saturated heterocycles. The van der Waals surface area contributed by atoms with E-state index in [1.165, 1.54) is 12.3 Å². The molecule has 96 valence electrons. The van der Waals surface area contributed by atoms with Crippen LogP contribution in [0.4, 0.5) is 4.39 Å². The Balaban J connectivity index is 2.64. The molecule has 0 aliphatic heterocycles. The number of nitrogens with two attached hydrogens (primary N) is 1. The van der Waals surface area contributed by atoms with Crippen LogP contribution in [0.1, 0.15) is 26.3 Å². The van der Waals surface area contributed by atoms with E-state index in [-0.39, 0.29) is 11.2 Å². The molecule has 0 unspecified atom stereocenters. The summed E-state index contributed by atoms with van der Waals surface area (Å²) in [5.74, 6) is -0.281. The minimum atomic E-state index is -0.281. The summed E-state index contributed by atoms with van der Waals surface area (Å²) < 4.78 is 13.0. The molecule has 1 rings (SSSR count). The highest BCUT2D eigenvalue weighted by molar-refractivity contribution is 5.10. The largest absolute Gasteiger partial charge is 0.330 e.